The Kier molecular flexibility index (Phi) is 3.72. The van der Waals surface area contributed by atoms with Crippen molar-refractivity contribution in [2.75, 3.05) is 13.1 Å². The van der Waals surface area contributed by atoms with E-state index >= 15 is 0 Å². The molecule has 1 aromatic heterocycles. The van der Waals surface area contributed by atoms with Crippen LogP contribution in [0.5, 0.6) is 0 Å². The first-order valence-corrected chi connectivity index (χ1v) is 5.55. The van der Waals surface area contributed by atoms with Gasteiger partial charge in [-0.15, -0.1) is 0 Å². The molecule has 2 rings (SSSR count). The molecule has 1 aromatic carbocycles. The average Bonchev–Trinajstić information content (AvgIpc) is 2.70. The summed E-state index contributed by atoms with van der Waals surface area (Å²) in [6, 6.07) is 7.66. The molecule has 0 radical (unpaired) electrons. The summed E-state index contributed by atoms with van der Waals surface area (Å²) in [5.74, 6) is 0.641. The minimum atomic E-state index is -0.0198. The highest BCUT2D eigenvalue weighted by Crippen LogP contribution is 2.13. The van der Waals surface area contributed by atoms with E-state index in [4.69, 9.17) is 4.42 Å². The van der Waals surface area contributed by atoms with E-state index in [-0.39, 0.29) is 5.91 Å². The van der Waals surface area contributed by atoms with E-state index < -0.39 is 0 Å². The Bertz CT molecular complexity index is 474. The molecule has 0 unspecified atom stereocenters. The smallest absolute Gasteiger partial charge is 0.216 e. The van der Waals surface area contributed by atoms with E-state index in [2.05, 4.69) is 15.6 Å². The van der Waals surface area contributed by atoms with Crippen LogP contribution in [0.15, 0.2) is 28.7 Å². The summed E-state index contributed by atoms with van der Waals surface area (Å²) in [6.45, 7) is 3.36. The quantitative estimate of drug-likeness (QED) is 0.758. The predicted molar refractivity (Wildman–Crippen MR) is 64.4 cm³/mol. The van der Waals surface area contributed by atoms with Crippen LogP contribution in [0, 0.1) is 0 Å². The van der Waals surface area contributed by atoms with E-state index in [1.165, 1.54) is 6.92 Å². The number of fused-ring (bicyclic) bond motifs is 1. The monoisotopic (exact) mass is 233 g/mol. The molecule has 5 nitrogen and oxygen atoms in total. The zero-order chi connectivity index (χ0) is 12.1. The number of oxazole rings is 1. The van der Waals surface area contributed by atoms with Crippen LogP contribution in [0.25, 0.3) is 11.1 Å². The third kappa shape index (κ3) is 3.29. The summed E-state index contributed by atoms with van der Waals surface area (Å²) in [4.78, 5) is 15.0. The third-order valence-corrected chi connectivity index (χ3v) is 2.29. The number of aromatic nitrogens is 1. The lowest BCUT2D eigenvalue weighted by Gasteiger charge is -2.02. The van der Waals surface area contributed by atoms with Gasteiger partial charge in [0.2, 0.25) is 11.8 Å². The molecular weight excluding hydrogens is 218 g/mol. The Hall–Kier alpha value is -1.88. The summed E-state index contributed by atoms with van der Waals surface area (Å²) >= 11 is 0. The van der Waals surface area contributed by atoms with Gasteiger partial charge in [0.1, 0.15) is 5.52 Å². The van der Waals surface area contributed by atoms with Crippen LogP contribution in [-0.2, 0) is 11.3 Å². The number of benzene rings is 1. The Morgan fingerprint density at radius 3 is 2.94 bits per heavy atom. The second kappa shape index (κ2) is 5.45. The van der Waals surface area contributed by atoms with Gasteiger partial charge in [-0.1, -0.05) is 12.1 Å². The molecule has 0 saturated carbocycles. The highest BCUT2D eigenvalue weighted by molar-refractivity contribution is 5.72. The first-order valence-electron chi connectivity index (χ1n) is 5.55. The van der Waals surface area contributed by atoms with Crippen molar-refractivity contribution < 1.29 is 9.21 Å². The standard InChI is InChI=1S/C12H15N3O2/c1-9(16)14-7-6-13-8-12-15-10-4-2-3-5-11(10)17-12/h2-5,13H,6-8H2,1H3,(H,14,16). The molecule has 0 spiro atoms. The van der Waals surface area contributed by atoms with Crippen molar-refractivity contribution >= 4 is 17.0 Å². The van der Waals surface area contributed by atoms with Gasteiger partial charge >= 0.3 is 0 Å². The van der Waals surface area contributed by atoms with E-state index in [0.29, 0.717) is 25.5 Å². The zero-order valence-electron chi connectivity index (χ0n) is 9.69. The van der Waals surface area contributed by atoms with Crippen LogP contribution in [0.3, 0.4) is 0 Å². The van der Waals surface area contributed by atoms with Crippen molar-refractivity contribution in [3.63, 3.8) is 0 Å². The molecule has 0 bridgehead atoms. The van der Waals surface area contributed by atoms with Crippen LogP contribution in [0.2, 0.25) is 0 Å². The molecule has 5 heteroatoms. The summed E-state index contributed by atoms with van der Waals surface area (Å²) in [7, 11) is 0. The van der Waals surface area contributed by atoms with E-state index in [1.807, 2.05) is 24.3 Å². The van der Waals surface area contributed by atoms with Gasteiger partial charge in [-0.3, -0.25) is 4.79 Å². The van der Waals surface area contributed by atoms with Gasteiger partial charge < -0.3 is 15.1 Å². The third-order valence-electron chi connectivity index (χ3n) is 2.29. The Labute approximate surface area is 99.2 Å². The summed E-state index contributed by atoms with van der Waals surface area (Å²) in [5, 5.41) is 5.85. The highest BCUT2D eigenvalue weighted by atomic mass is 16.3. The van der Waals surface area contributed by atoms with Crippen molar-refractivity contribution in [1.82, 2.24) is 15.6 Å². The fourth-order valence-corrected chi connectivity index (χ4v) is 1.52. The van der Waals surface area contributed by atoms with Crippen LogP contribution >= 0.6 is 0 Å². The molecular formula is C12H15N3O2. The topological polar surface area (TPSA) is 67.2 Å². The first kappa shape index (κ1) is 11.6. The van der Waals surface area contributed by atoms with E-state index in [9.17, 15) is 4.79 Å². The Balaban J connectivity index is 1.81. The number of para-hydroxylation sites is 2. The molecule has 1 amide bonds. The molecule has 90 valence electrons. The normalized spacial score (nSPS) is 10.6. The predicted octanol–water partition coefficient (Wildman–Crippen LogP) is 1.05. The minimum Gasteiger partial charge on any atom is -0.439 e. The Morgan fingerprint density at radius 1 is 1.35 bits per heavy atom. The van der Waals surface area contributed by atoms with Crippen LogP contribution in [0.4, 0.5) is 0 Å². The van der Waals surface area contributed by atoms with Crippen molar-refractivity contribution in [2.24, 2.45) is 0 Å². The van der Waals surface area contributed by atoms with Crippen LogP contribution in [-0.4, -0.2) is 24.0 Å². The molecule has 2 aromatic rings. The maximum atomic E-state index is 10.6. The average molecular weight is 233 g/mol. The molecule has 1 heterocycles. The SMILES string of the molecule is CC(=O)NCCNCc1nc2ccccc2o1. The number of carbonyl (C=O) groups is 1. The molecule has 0 aliphatic carbocycles. The fraction of sp³-hybridized carbons (Fsp3) is 0.333. The van der Waals surface area contributed by atoms with Gasteiger partial charge in [-0.2, -0.15) is 0 Å². The Morgan fingerprint density at radius 2 is 2.18 bits per heavy atom. The molecule has 0 fully saturated rings. The molecule has 2 N–H and O–H groups in total. The van der Waals surface area contributed by atoms with Gasteiger partial charge in [0.15, 0.2) is 5.58 Å². The molecule has 17 heavy (non-hydrogen) atoms. The lowest BCUT2D eigenvalue weighted by Crippen LogP contribution is -2.29. The van der Waals surface area contributed by atoms with Crippen molar-refractivity contribution in [3.05, 3.63) is 30.2 Å². The number of amides is 1. The second-order valence-electron chi connectivity index (χ2n) is 3.74. The largest absolute Gasteiger partial charge is 0.439 e. The van der Waals surface area contributed by atoms with Crippen molar-refractivity contribution in [1.29, 1.82) is 0 Å². The van der Waals surface area contributed by atoms with Gasteiger partial charge in [0.25, 0.3) is 0 Å². The molecule has 0 atom stereocenters. The lowest BCUT2D eigenvalue weighted by atomic mass is 10.3. The summed E-state index contributed by atoms with van der Waals surface area (Å²) in [6.07, 6.45) is 0. The minimum absolute atomic E-state index is 0.0198. The molecule has 0 aliphatic heterocycles. The lowest BCUT2D eigenvalue weighted by molar-refractivity contribution is -0.118. The van der Waals surface area contributed by atoms with Crippen LogP contribution in [0.1, 0.15) is 12.8 Å². The molecule has 0 aliphatic rings. The molecule has 0 saturated heterocycles. The van der Waals surface area contributed by atoms with E-state index in [1.54, 1.807) is 0 Å². The van der Waals surface area contributed by atoms with Gasteiger partial charge in [-0.05, 0) is 12.1 Å². The number of hydrogen-bond donors (Lipinski definition) is 2. The highest BCUT2D eigenvalue weighted by Gasteiger charge is 2.03. The first-order chi connectivity index (χ1) is 8.25. The van der Waals surface area contributed by atoms with Gasteiger partial charge in [0, 0.05) is 20.0 Å². The maximum Gasteiger partial charge on any atom is 0.216 e. The number of hydrogen-bond acceptors (Lipinski definition) is 4. The van der Waals surface area contributed by atoms with Gasteiger partial charge in [0.05, 0.1) is 6.54 Å². The fourth-order valence-electron chi connectivity index (χ4n) is 1.52. The van der Waals surface area contributed by atoms with E-state index in [0.717, 1.165) is 11.1 Å². The number of nitrogens with one attached hydrogen (secondary N) is 2. The zero-order valence-corrected chi connectivity index (χ0v) is 9.69. The number of nitrogens with zero attached hydrogens (tertiary/aromatic N) is 1. The van der Waals surface area contributed by atoms with Gasteiger partial charge in [-0.25, -0.2) is 4.98 Å². The maximum absolute atomic E-state index is 10.6. The number of carbonyl (C=O) groups excluding carboxylic acids is 1. The summed E-state index contributed by atoms with van der Waals surface area (Å²) < 4.78 is 5.53. The summed E-state index contributed by atoms with van der Waals surface area (Å²) in [5.41, 5.74) is 1.66. The second-order valence-corrected chi connectivity index (χ2v) is 3.74. The van der Waals surface area contributed by atoms with Crippen molar-refractivity contribution in [3.8, 4) is 0 Å². The van der Waals surface area contributed by atoms with Crippen LogP contribution < -0.4 is 10.6 Å². The number of rotatable bonds is 5. The van der Waals surface area contributed by atoms with Crippen molar-refractivity contribution in [2.45, 2.75) is 13.5 Å².